The minimum absolute atomic E-state index is 0.0823. The van der Waals surface area contributed by atoms with Gasteiger partial charge in [0.2, 0.25) is 5.91 Å². The number of carbonyl (C=O) groups excluding carboxylic acids is 1. The Morgan fingerprint density at radius 1 is 1.33 bits per heavy atom. The van der Waals surface area contributed by atoms with Gasteiger partial charge in [-0.1, -0.05) is 0 Å². The summed E-state index contributed by atoms with van der Waals surface area (Å²) in [6.45, 7) is 8.83. The summed E-state index contributed by atoms with van der Waals surface area (Å²) in [5.41, 5.74) is 0.189. The second kappa shape index (κ2) is 4.85. The van der Waals surface area contributed by atoms with E-state index < -0.39 is 7.12 Å². The van der Waals surface area contributed by atoms with E-state index in [0.29, 0.717) is 13.0 Å². The Bertz CT molecular complexity index is 539. The van der Waals surface area contributed by atoms with Crippen molar-refractivity contribution in [3.05, 3.63) is 12.4 Å². The lowest BCUT2D eigenvalue weighted by Gasteiger charge is -2.32. The van der Waals surface area contributed by atoms with Crippen LogP contribution in [0.5, 0.6) is 0 Å². The highest BCUT2D eigenvalue weighted by Gasteiger charge is 2.52. The summed E-state index contributed by atoms with van der Waals surface area (Å²) < 4.78 is 13.9. The summed E-state index contributed by atoms with van der Waals surface area (Å²) in [7, 11) is -0.402. The fourth-order valence-electron chi connectivity index (χ4n) is 2.65. The summed E-state index contributed by atoms with van der Waals surface area (Å²) in [5, 5.41) is 7.23. The molecule has 114 valence electrons. The number of hydrogen-bond donors (Lipinski definition) is 1. The van der Waals surface area contributed by atoms with E-state index in [0.717, 1.165) is 11.9 Å². The molecule has 2 aliphatic heterocycles. The lowest BCUT2D eigenvalue weighted by atomic mass is 9.82. The van der Waals surface area contributed by atoms with Gasteiger partial charge in [0.15, 0.2) is 0 Å². The van der Waals surface area contributed by atoms with Gasteiger partial charge in [0, 0.05) is 30.8 Å². The minimum Gasteiger partial charge on any atom is -0.399 e. The molecule has 3 heterocycles. The topological polar surface area (TPSA) is 65.4 Å². The maximum absolute atomic E-state index is 11.5. The number of amides is 1. The predicted octanol–water partition coefficient (Wildman–Crippen LogP) is 0.633. The molecule has 1 aromatic rings. The monoisotopic (exact) mass is 291 g/mol. The van der Waals surface area contributed by atoms with Crippen molar-refractivity contribution in [2.45, 2.75) is 57.8 Å². The highest BCUT2D eigenvalue weighted by molar-refractivity contribution is 6.62. The van der Waals surface area contributed by atoms with Crippen LogP contribution in [-0.2, 0) is 14.1 Å². The van der Waals surface area contributed by atoms with Crippen LogP contribution in [0.3, 0.4) is 0 Å². The summed E-state index contributed by atoms with van der Waals surface area (Å²) in [4.78, 5) is 11.5. The van der Waals surface area contributed by atoms with Crippen molar-refractivity contribution in [1.82, 2.24) is 15.1 Å². The molecular weight excluding hydrogens is 269 g/mol. The van der Waals surface area contributed by atoms with E-state index in [1.54, 1.807) is 6.20 Å². The molecule has 2 saturated heterocycles. The zero-order valence-corrected chi connectivity index (χ0v) is 13.0. The number of aromatic nitrogens is 2. The molecular formula is C14H22BN3O3. The Hall–Kier alpha value is -1.34. The molecule has 0 saturated carbocycles. The molecule has 0 aliphatic carbocycles. The maximum Gasteiger partial charge on any atom is 0.498 e. The van der Waals surface area contributed by atoms with Gasteiger partial charge >= 0.3 is 7.12 Å². The predicted molar refractivity (Wildman–Crippen MR) is 79.2 cm³/mol. The third-order valence-corrected chi connectivity index (χ3v) is 4.74. The summed E-state index contributed by atoms with van der Waals surface area (Å²) >= 11 is 0. The molecule has 2 fully saturated rings. The van der Waals surface area contributed by atoms with Crippen LogP contribution < -0.4 is 10.8 Å². The smallest absolute Gasteiger partial charge is 0.399 e. The van der Waals surface area contributed by atoms with E-state index >= 15 is 0 Å². The molecule has 6 nitrogen and oxygen atoms in total. The number of nitrogens with zero attached hydrogens (tertiary/aromatic N) is 2. The molecule has 1 aromatic heterocycles. The standard InChI is InChI=1S/C14H22BN3O3/c1-13(2)14(3,4)21-15(20-13)10-8-17-18(9-10)11-5-6-16-12(19)7-11/h8-9,11H,5-7H2,1-4H3,(H,16,19)/t11-/m1/s1. The molecule has 0 unspecified atom stereocenters. The minimum atomic E-state index is -0.402. The average Bonchev–Trinajstić information content (AvgIpc) is 2.93. The molecule has 0 radical (unpaired) electrons. The molecule has 3 rings (SSSR count). The van der Waals surface area contributed by atoms with Crippen LogP contribution in [0, 0.1) is 0 Å². The molecule has 7 heteroatoms. The fraction of sp³-hybridized carbons (Fsp3) is 0.714. The highest BCUT2D eigenvalue weighted by atomic mass is 16.7. The van der Waals surface area contributed by atoms with E-state index in [4.69, 9.17) is 9.31 Å². The zero-order valence-electron chi connectivity index (χ0n) is 13.0. The molecule has 0 bridgehead atoms. The lowest BCUT2D eigenvalue weighted by Crippen LogP contribution is -2.41. The molecule has 21 heavy (non-hydrogen) atoms. The molecule has 0 spiro atoms. The Morgan fingerprint density at radius 2 is 2.00 bits per heavy atom. The van der Waals surface area contributed by atoms with Crippen molar-refractivity contribution in [2.24, 2.45) is 0 Å². The third kappa shape index (κ3) is 2.60. The van der Waals surface area contributed by atoms with Crippen molar-refractivity contribution in [3.63, 3.8) is 0 Å². The van der Waals surface area contributed by atoms with Crippen LogP contribution in [0.15, 0.2) is 12.4 Å². The van der Waals surface area contributed by atoms with Crippen LogP contribution in [0.4, 0.5) is 0 Å². The van der Waals surface area contributed by atoms with Gasteiger partial charge in [-0.2, -0.15) is 5.10 Å². The number of hydrogen-bond acceptors (Lipinski definition) is 4. The van der Waals surface area contributed by atoms with Crippen LogP contribution >= 0.6 is 0 Å². The Labute approximate surface area is 125 Å². The molecule has 2 aliphatic rings. The van der Waals surface area contributed by atoms with Gasteiger partial charge in [0.1, 0.15) is 0 Å². The van der Waals surface area contributed by atoms with E-state index in [-0.39, 0.29) is 23.2 Å². The van der Waals surface area contributed by atoms with Gasteiger partial charge in [0.05, 0.1) is 17.2 Å². The average molecular weight is 291 g/mol. The third-order valence-electron chi connectivity index (χ3n) is 4.74. The van der Waals surface area contributed by atoms with Crippen LogP contribution in [0.1, 0.15) is 46.6 Å². The van der Waals surface area contributed by atoms with Crippen LogP contribution in [0.2, 0.25) is 0 Å². The van der Waals surface area contributed by atoms with E-state index in [1.165, 1.54) is 0 Å². The van der Waals surface area contributed by atoms with Gasteiger partial charge in [0.25, 0.3) is 0 Å². The summed E-state index contributed by atoms with van der Waals surface area (Å²) in [6.07, 6.45) is 5.08. The largest absolute Gasteiger partial charge is 0.498 e. The first kappa shape index (κ1) is 14.6. The van der Waals surface area contributed by atoms with E-state index in [2.05, 4.69) is 10.4 Å². The van der Waals surface area contributed by atoms with E-state index in [1.807, 2.05) is 38.6 Å². The number of piperidine rings is 1. The zero-order chi connectivity index (χ0) is 15.3. The summed E-state index contributed by atoms with van der Waals surface area (Å²) in [6, 6.07) is 0.120. The van der Waals surface area contributed by atoms with Crippen LogP contribution in [-0.4, -0.2) is 40.6 Å². The second-order valence-electron chi connectivity index (χ2n) is 6.84. The Morgan fingerprint density at radius 3 is 2.62 bits per heavy atom. The Kier molecular flexibility index (Phi) is 3.37. The van der Waals surface area contributed by atoms with Gasteiger partial charge in [-0.3, -0.25) is 9.48 Å². The first-order valence-electron chi connectivity index (χ1n) is 7.45. The number of carbonyl (C=O) groups is 1. The molecule has 0 aromatic carbocycles. The fourth-order valence-corrected chi connectivity index (χ4v) is 2.65. The lowest BCUT2D eigenvalue weighted by molar-refractivity contribution is -0.123. The number of rotatable bonds is 2. The Balaban J connectivity index is 1.75. The van der Waals surface area contributed by atoms with Crippen molar-refractivity contribution in [1.29, 1.82) is 0 Å². The highest BCUT2D eigenvalue weighted by Crippen LogP contribution is 2.36. The normalized spacial score (nSPS) is 27.7. The van der Waals surface area contributed by atoms with Gasteiger partial charge in [-0.15, -0.1) is 0 Å². The first-order chi connectivity index (χ1) is 9.78. The SMILES string of the molecule is CC1(C)OB(c2cnn([C@@H]3CCNC(=O)C3)c2)OC1(C)C. The van der Waals surface area contributed by atoms with Crippen molar-refractivity contribution in [3.8, 4) is 0 Å². The van der Waals surface area contributed by atoms with Gasteiger partial charge < -0.3 is 14.6 Å². The second-order valence-corrected chi connectivity index (χ2v) is 6.84. The summed E-state index contributed by atoms with van der Waals surface area (Å²) in [5.74, 6) is 0.0823. The van der Waals surface area contributed by atoms with Crippen molar-refractivity contribution in [2.75, 3.05) is 6.54 Å². The number of nitrogens with one attached hydrogen (secondary N) is 1. The molecule has 1 atom stereocenters. The molecule has 1 N–H and O–H groups in total. The quantitative estimate of drug-likeness (QED) is 0.812. The maximum atomic E-state index is 11.5. The van der Waals surface area contributed by atoms with Crippen LogP contribution in [0.25, 0.3) is 0 Å². The van der Waals surface area contributed by atoms with Gasteiger partial charge in [-0.25, -0.2) is 0 Å². The van der Waals surface area contributed by atoms with Crippen molar-refractivity contribution < 1.29 is 14.1 Å². The first-order valence-corrected chi connectivity index (χ1v) is 7.45. The van der Waals surface area contributed by atoms with E-state index in [9.17, 15) is 4.79 Å². The van der Waals surface area contributed by atoms with Crippen molar-refractivity contribution >= 4 is 18.5 Å². The molecule has 1 amide bonds. The van der Waals surface area contributed by atoms with Gasteiger partial charge in [-0.05, 0) is 34.1 Å².